The van der Waals surface area contributed by atoms with Crippen molar-refractivity contribution in [2.75, 3.05) is 0 Å². The maximum Gasteiger partial charge on any atom is 0.338 e. The zero-order chi connectivity index (χ0) is 25.0. The molecule has 3 aliphatic rings. The lowest BCUT2D eigenvalue weighted by molar-refractivity contribution is -0.0698. The van der Waals surface area contributed by atoms with Gasteiger partial charge in [0.2, 0.25) is 0 Å². The van der Waals surface area contributed by atoms with E-state index < -0.39 is 12.2 Å². The minimum atomic E-state index is -0.458. The summed E-state index contributed by atoms with van der Waals surface area (Å²) in [5.41, 5.74) is 5.33. The fourth-order valence-corrected chi connectivity index (χ4v) is 7.09. The first kappa shape index (κ1) is 23.0. The molecular weight excluding hydrogens is 448 g/mol. The third kappa shape index (κ3) is 3.75. The Kier molecular flexibility index (Phi) is 5.51. The average molecular weight is 481 g/mol. The van der Waals surface area contributed by atoms with Crippen LogP contribution in [0.2, 0.25) is 0 Å². The van der Waals surface area contributed by atoms with E-state index in [4.69, 9.17) is 9.47 Å². The molecule has 0 aromatic heterocycles. The summed E-state index contributed by atoms with van der Waals surface area (Å²) in [5, 5.41) is 0. The SMILES string of the molecule is CC(C)(C)c1cccc2c1CC1C3CC(C(OC(=O)c4ccccc4)C3OC(=O)c3ccccc3)C21. The van der Waals surface area contributed by atoms with Crippen LogP contribution in [0.4, 0.5) is 0 Å². The summed E-state index contributed by atoms with van der Waals surface area (Å²) in [6.45, 7) is 6.79. The highest BCUT2D eigenvalue weighted by Crippen LogP contribution is 2.63. The van der Waals surface area contributed by atoms with Crippen molar-refractivity contribution in [2.24, 2.45) is 17.8 Å². The second-order valence-electron chi connectivity index (χ2n) is 11.6. The summed E-state index contributed by atoms with van der Waals surface area (Å²) in [6.07, 6.45) is 1.01. The number of hydrogen-bond acceptors (Lipinski definition) is 4. The lowest BCUT2D eigenvalue weighted by Crippen LogP contribution is -2.45. The van der Waals surface area contributed by atoms with Gasteiger partial charge in [0.05, 0.1) is 11.1 Å². The van der Waals surface area contributed by atoms with E-state index in [-0.39, 0.29) is 29.2 Å². The van der Waals surface area contributed by atoms with Gasteiger partial charge in [0.25, 0.3) is 0 Å². The van der Waals surface area contributed by atoms with E-state index in [2.05, 4.69) is 39.0 Å². The van der Waals surface area contributed by atoms with Crippen LogP contribution in [0.1, 0.15) is 70.5 Å². The van der Waals surface area contributed by atoms with Crippen LogP contribution >= 0.6 is 0 Å². The van der Waals surface area contributed by atoms with Gasteiger partial charge in [-0.15, -0.1) is 0 Å². The molecule has 6 atom stereocenters. The molecule has 4 heteroatoms. The number of hydrogen-bond donors (Lipinski definition) is 0. The van der Waals surface area contributed by atoms with Crippen molar-refractivity contribution >= 4 is 11.9 Å². The standard InChI is InChI=1S/C32H32O4/c1-32(2,3)26-16-10-15-21-22(26)17-23-24-18-25(27(21)23)29(36-31(34)20-13-8-5-9-14-20)28(24)35-30(33)19-11-6-4-7-12-19/h4-16,23-25,27-29H,17-18H2,1-3H3. The van der Waals surface area contributed by atoms with Crippen molar-refractivity contribution in [1.29, 1.82) is 0 Å². The van der Waals surface area contributed by atoms with Crippen LogP contribution in [0.3, 0.4) is 0 Å². The molecule has 0 N–H and O–H groups in total. The molecule has 184 valence electrons. The van der Waals surface area contributed by atoms with Gasteiger partial charge in [-0.05, 0) is 71.0 Å². The molecule has 6 rings (SSSR count). The maximum absolute atomic E-state index is 13.1. The van der Waals surface area contributed by atoms with E-state index in [1.54, 1.807) is 24.3 Å². The fourth-order valence-electron chi connectivity index (χ4n) is 7.09. The smallest absolute Gasteiger partial charge is 0.338 e. The monoisotopic (exact) mass is 480 g/mol. The molecule has 3 aromatic rings. The summed E-state index contributed by atoms with van der Waals surface area (Å²) in [5.74, 6) is 0.323. The average Bonchev–Trinajstić information content (AvgIpc) is 3.54. The molecule has 36 heavy (non-hydrogen) atoms. The van der Waals surface area contributed by atoms with Gasteiger partial charge in [0.1, 0.15) is 12.2 Å². The summed E-state index contributed by atoms with van der Waals surface area (Å²) in [7, 11) is 0. The normalized spacial score (nSPS) is 27.9. The van der Waals surface area contributed by atoms with Crippen LogP contribution in [0.15, 0.2) is 78.9 Å². The van der Waals surface area contributed by atoms with Gasteiger partial charge in [0.15, 0.2) is 0 Å². The Morgan fingerprint density at radius 2 is 1.25 bits per heavy atom. The van der Waals surface area contributed by atoms with E-state index in [1.807, 2.05) is 36.4 Å². The second-order valence-corrected chi connectivity index (χ2v) is 11.6. The number of carbonyl (C=O) groups excluding carboxylic acids is 2. The molecule has 0 heterocycles. The highest BCUT2D eigenvalue weighted by molar-refractivity contribution is 5.90. The van der Waals surface area contributed by atoms with Gasteiger partial charge in [-0.25, -0.2) is 9.59 Å². The lowest BCUT2D eigenvalue weighted by atomic mass is 9.76. The third-order valence-corrected chi connectivity index (χ3v) is 8.51. The Morgan fingerprint density at radius 3 is 1.81 bits per heavy atom. The van der Waals surface area contributed by atoms with E-state index in [0.29, 0.717) is 23.0 Å². The predicted octanol–water partition coefficient (Wildman–Crippen LogP) is 6.34. The van der Waals surface area contributed by atoms with Crippen LogP contribution in [0, 0.1) is 17.8 Å². The zero-order valence-corrected chi connectivity index (χ0v) is 21.0. The van der Waals surface area contributed by atoms with Crippen LogP contribution in [-0.2, 0) is 21.3 Å². The molecule has 2 fully saturated rings. The highest BCUT2D eigenvalue weighted by atomic mass is 16.6. The largest absolute Gasteiger partial charge is 0.455 e. The number of rotatable bonds is 4. The lowest BCUT2D eigenvalue weighted by Gasteiger charge is -2.37. The van der Waals surface area contributed by atoms with Gasteiger partial charge in [0, 0.05) is 11.8 Å². The van der Waals surface area contributed by atoms with Gasteiger partial charge in [-0.1, -0.05) is 75.4 Å². The summed E-state index contributed by atoms with van der Waals surface area (Å²) in [6, 6.07) is 24.9. The number of ether oxygens (including phenoxy) is 2. The molecule has 0 aliphatic heterocycles. The molecule has 0 amide bonds. The first-order valence-corrected chi connectivity index (χ1v) is 13.0. The number of esters is 2. The minimum absolute atomic E-state index is 0.0569. The van der Waals surface area contributed by atoms with Crippen molar-refractivity contribution in [3.8, 4) is 0 Å². The quantitative estimate of drug-likeness (QED) is 0.409. The molecule has 3 aromatic carbocycles. The van der Waals surface area contributed by atoms with E-state index in [1.165, 1.54) is 16.7 Å². The van der Waals surface area contributed by atoms with Gasteiger partial charge in [-0.3, -0.25) is 0 Å². The summed E-state index contributed by atoms with van der Waals surface area (Å²) in [4.78, 5) is 26.3. The second kappa shape index (κ2) is 8.62. The molecule has 3 aliphatic carbocycles. The Labute approximate surface area is 212 Å². The molecule has 2 saturated carbocycles. The van der Waals surface area contributed by atoms with E-state index in [0.717, 1.165) is 12.8 Å². The van der Waals surface area contributed by atoms with Crippen LogP contribution < -0.4 is 0 Å². The molecular formula is C32H32O4. The van der Waals surface area contributed by atoms with E-state index >= 15 is 0 Å². The Bertz CT molecular complexity index is 1290. The van der Waals surface area contributed by atoms with Gasteiger partial charge < -0.3 is 9.47 Å². The Morgan fingerprint density at radius 1 is 0.694 bits per heavy atom. The number of benzene rings is 3. The molecule has 0 saturated heterocycles. The topological polar surface area (TPSA) is 52.6 Å². The Hall–Kier alpha value is -3.40. The highest BCUT2D eigenvalue weighted by Gasteiger charge is 2.63. The predicted molar refractivity (Wildman–Crippen MR) is 138 cm³/mol. The maximum atomic E-state index is 13.1. The first-order chi connectivity index (χ1) is 17.3. The molecule has 0 spiro atoms. The van der Waals surface area contributed by atoms with Gasteiger partial charge >= 0.3 is 11.9 Å². The zero-order valence-electron chi connectivity index (χ0n) is 21.0. The van der Waals surface area contributed by atoms with Crippen molar-refractivity contribution in [3.63, 3.8) is 0 Å². The minimum Gasteiger partial charge on any atom is -0.455 e. The molecule has 0 radical (unpaired) electrons. The van der Waals surface area contributed by atoms with Crippen LogP contribution in [-0.4, -0.2) is 24.1 Å². The molecule has 4 nitrogen and oxygen atoms in total. The number of carbonyl (C=O) groups is 2. The van der Waals surface area contributed by atoms with Crippen LogP contribution in [0.5, 0.6) is 0 Å². The molecule has 6 unspecified atom stereocenters. The summed E-state index contributed by atoms with van der Waals surface area (Å²) >= 11 is 0. The van der Waals surface area contributed by atoms with Crippen molar-refractivity contribution in [3.05, 3.63) is 107 Å². The van der Waals surface area contributed by atoms with Crippen molar-refractivity contribution in [1.82, 2.24) is 0 Å². The van der Waals surface area contributed by atoms with Crippen molar-refractivity contribution in [2.45, 2.75) is 57.2 Å². The Balaban J connectivity index is 1.35. The van der Waals surface area contributed by atoms with E-state index in [9.17, 15) is 9.59 Å². The first-order valence-electron chi connectivity index (χ1n) is 13.0. The third-order valence-electron chi connectivity index (χ3n) is 8.51. The molecule has 2 bridgehead atoms. The van der Waals surface area contributed by atoms with Crippen molar-refractivity contribution < 1.29 is 19.1 Å². The fraction of sp³-hybridized carbons (Fsp3) is 0.375. The number of fused-ring (bicyclic) bond motifs is 7. The van der Waals surface area contributed by atoms with Crippen LogP contribution in [0.25, 0.3) is 0 Å². The summed E-state index contributed by atoms with van der Waals surface area (Å²) < 4.78 is 12.4. The van der Waals surface area contributed by atoms with Gasteiger partial charge in [-0.2, -0.15) is 0 Å².